The molecule has 6 aliphatic carbocycles. The van der Waals surface area contributed by atoms with Gasteiger partial charge in [-0.2, -0.15) is 0 Å². The summed E-state index contributed by atoms with van der Waals surface area (Å²) in [6.45, 7) is 0. The summed E-state index contributed by atoms with van der Waals surface area (Å²) >= 11 is 3.51. The van der Waals surface area contributed by atoms with Crippen LogP contribution in [0.15, 0.2) is 65.1 Å². The Morgan fingerprint density at radius 3 is 1.90 bits per heavy atom. The van der Waals surface area contributed by atoms with Gasteiger partial charge in [-0.15, -0.1) is 0 Å². The highest BCUT2D eigenvalue weighted by atomic mass is 79.9. The molecular formula is C36H44BrN3O. The largest absolute Gasteiger partial charge is 0.497 e. The maximum Gasteiger partial charge on any atom is 0.119 e. The summed E-state index contributed by atoms with van der Waals surface area (Å²) in [6, 6.07) is 23.2. The van der Waals surface area contributed by atoms with Crippen LogP contribution in [-0.4, -0.2) is 25.2 Å². The number of ether oxygens (including phenoxy) is 1. The smallest absolute Gasteiger partial charge is 0.119 e. The summed E-state index contributed by atoms with van der Waals surface area (Å²) in [5.41, 5.74) is 28.3. The lowest BCUT2D eigenvalue weighted by Crippen LogP contribution is -2.18. The fourth-order valence-electron chi connectivity index (χ4n) is 8.51. The Balaban J connectivity index is 0.000000101. The Morgan fingerprint density at radius 2 is 1.22 bits per heavy atom. The highest BCUT2D eigenvalue weighted by molar-refractivity contribution is 9.10. The lowest BCUT2D eigenvalue weighted by atomic mass is 9.89. The minimum atomic E-state index is 0.323. The van der Waals surface area contributed by atoms with E-state index < -0.39 is 0 Å². The molecule has 0 heterocycles. The second kappa shape index (κ2) is 10.2. The van der Waals surface area contributed by atoms with E-state index >= 15 is 0 Å². The van der Waals surface area contributed by atoms with Crippen LogP contribution < -0.4 is 21.9 Å². The highest BCUT2D eigenvalue weighted by Crippen LogP contribution is 2.57. The van der Waals surface area contributed by atoms with Gasteiger partial charge in [-0.25, -0.2) is 0 Å². The zero-order valence-electron chi connectivity index (χ0n) is 24.3. The molecule has 0 aromatic heterocycles. The maximum atomic E-state index is 6.12. The minimum Gasteiger partial charge on any atom is -0.497 e. The molecule has 216 valence electrons. The van der Waals surface area contributed by atoms with Crippen LogP contribution in [0.25, 0.3) is 0 Å². The molecule has 0 radical (unpaired) electrons. The second-order valence-corrected chi connectivity index (χ2v) is 14.5. The van der Waals surface area contributed by atoms with E-state index in [0.717, 1.165) is 12.2 Å². The molecule has 6 atom stereocenters. The first kappa shape index (κ1) is 27.6. The maximum absolute atomic E-state index is 6.12. The van der Waals surface area contributed by atoms with E-state index in [1.54, 1.807) is 18.2 Å². The Kier molecular flexibility index (Phi) is 6.89. The summed E-state index contributed by atoms with van der Waals surface area (Å²) in [5.74, 6) is 0.962. The number of rotatable bonds is 1. The van der Waals surface area contributed by atoms with Crippen LogP contribution in [-0.2, 0) is 35.5 Å². The molecule has 6 unspecified atom stereocenters. The molecule has 3 saturated carbocycles. The van der Waals surface area contributed by atoms with Crippen molar-refractivity contribution < 1.29 is 4.74 Å². The number of fused-ring (bicyclic) bond motifs is 6. The van der Waals surface area contributed by atoms with Gasteiger partial charge >= 0.3 is 0 Å². The summed E-state index contributed by atoms with van der Waals surface area (Å²) in [5, 5.41) is 0. The van der Waals surface area contributed by atoms with E-state index in [1.807, 2.05) is 6.07 Å². The molecule has 0 aliphatic heterocycles. The first-order chi connectivity index (χ1) is 19.8. The van der Waals surface area contributed by atoms with Crippen molar-refractivity contribution >= 4 is 15.9 Å². The van der Waals surface area contributed by atoms with Crippen molar-refractivity contribution in [1.29, 1.82) is 0 Å². The fraction of sp³-hybridized carbons (Fsp3) is 0.500. The van der Waals surface area contributed by atoms with E-state index in [-0.39, 0.29) is 0 Å². The van der Waals surface area contributed by atoms with Gasteiger partial charge < -0.3 is 21.9 Å². The number of hydrogen-bond donors (Lipinski definition) is 3. The second-order valence-electron chi connectivity index (χ2n) is 13.6. The molecule has 4 nitrogen and oxygen atoms in total. The van der Waals surface area contributed by atoms with Crippen LogP contribution in [0, 0.1) is 0 Å². The molecule has 3 spiro atoms. The van der Waals surface area contributed by atoms with Crippen LogP contribution in [0.1, 0.15) is 84.7 Å². The summed E-state index contributed by atoms with van der Waals surface area (Å²) in [7, 11) is 1.72. The fourth-order valence-corrected chi connectivity index (χ4v) is 8.92. The standard InChI is InChI=1S/C13H17N.C12H15NO.C11H12BrN/c14-12-9-13(12)8-4-3-6-10-5-1-2-7-11(10)13;1-14-9-3-2-8-4-5-12(7-11(12)13)10(8)6-9;12-8-1-2-9-7(5-8)3-4-11(9)6-10(11)13/h1-2,5,7,12H,3-4,6,8-9,14H2;2-3,6,11H,4-5,7,13H2,1H3;1-2,5,10H,3-4,6,13H2. The van der Waals surface area contributed by atoms with Crippen LogP contribution in [0.4, 0.5) is 0 Å². The predicted molar refractivity (Wildman–Crippen MR) is 171 cm³/mol. The van der Waals surface area contributed by atoms with Gasteiger partial charge in [0.15, 0.2) is 0 Å². The Bertz CT molecular complexity index is 1470. The molecule has 5 heteroatoms. The average molecular weight is 615 g/mol. The zero-order chi connectivity index (χ0) is 28.4. The summed E-state index contributed by atoms with van der Waals surface area (Å²) in [4.78, 5) is 0. The third-order valence-corrected chi connectivity index (χ3v) is 11.9. The van der Waals surface area contributed by atoms with E-state index in [4.69, 9.17) is 21.9 Å². The monoisotopic (exact) mass is 613 g/mol. The van der Waals surface area contributed by atoms with Crippen LogP contribution in [0.3, 0.4) is 0 Å². The molecule has 0 bridgehead atoms. The highest BCUT2D eigenvalue weighted by Gasteiger charge is 2.57. The number of benzene rings is 3. The number of nitrogens with two attached hydrogens (primary N) is 3. The van der Waals surface area contributed by atoms with Gasteiger partial charge in [0.2, 0.25) is 0 Å². The third-order valence-electron chi connectivity index (χ3n) is 11.4. The first-order valence-electron chi connectivity index (χ1n) is 15.6. The lowest BCUT2D eigenvalue weighted by Gasteiger charge is -2.16. The molecule has 41 heavy (non-hydrogen) atoms. The molecule has 9 rings (SSSR count). The third kappa shape index (κ3) is 4.68. The number of halogens is 1. The lowest BCUT2D eigenvalue weighted by molar-refractivity contribution is 0.413. The van der Waals surface area contributed by atoms with Gasteiger partial charge in [0.1, 0.15) is 5.75 Å². The Morgan fingerprint density at radius 1 is 0.634 bits per heavy atom. The Labute approximate surface area is 253 Å². The van der Waals surface area contributed by atoms with Gasteiger partial charge in [-0.3, -0.25) is 0 Å². The Hall–Kier alpha value is -2.18. The van der Waals surface area contributed by atoms with Crippen molar-refractivity contribution in [3.8, 4) is 5.75 Å². The van der Waals surface area contributed by atoms with E-state index in [2.05, 4.69) is 70.5 Å². The minimum absolute atomic E-state index is 0.323. The normalized spacial score (nSPS) is 34.4. The SMILES string of the molecule is COc1ccc2c(c1)C1(CC2)CC1N.NC1CC12CCCCc1ccccc12.NC1CC12CCc1cc(Br)ccc12. The van der Waals surface area contributed by atoms with Crippen LogP contribution in [0.2, 0.25) is 0 Å². The zero-order valence-corrected chi connectivity index (χ0v) is 25.9. The molecule has 6 aliphatic rings. The molecular weight excluding hydrogens is 570 g/mol. The molecule has 0 amide bonds. The van der Waals surface area contributed by atoms with Crippen LogP contribution >= 0.6 is 15.9 Å². The number of hydrogen-bond acceptors (Lipinski definition) is 4. The molecule has 0 saturated heterocycles. The molecule has 3 fully saturated rings. The van der Waals surface area contributed by atoms with Crippen molar-refractivity contribution in [2.75, 3.05) is 7.11 Å². The van der Waals surface area contributed by atoms with Crippen molar-refractivity contribution in [2.45, 2.75) is 105 Å². The molecule has 3 aromatic rings. The van der Waals surface area contributed by atoms with Crippen molar-refractivity contribution in [1.82, 2.24) is 0 Å². The predicted octanol–water partition coefficient (Wildman–Crippen LogP) is 6.36. The van der Waals surface area contributed by atoms with Gasteiger partial charge in [-0.05, 0) is 122 Å². The van der Waals surface area contributed by atoms with E-state index in [9.17, 15) is 0 Å². The van der Waals surface area contributed by atoms with Gasteiger partial charge in [0, 0.05) is 38.8 Å². The van der Waals surface area contributed by atoms with Gasteiger partial charge in [-0.1, -0.05) is 58.7 Å². The number of methoxy groups -OCH3 is 1. The van der Waals surface area contributed by atoms with Gasteiger partial charge in [0.25, 0.3) is 0 Å². The van der Waals surface area contributed by atoms with E-state index in [1.165, 1.54) is 90.9 Å². The van der Waals surface area contributed by atoms with Crippen molar-refractivity contribution in [3.63, 3.8) is 0 Å². The summed E-state index contributed by atoms with van der Waals surface area (Å²) < 4.78 is 6.45. The average Bonchev–Trinajstić information content (AvgIpc) is 3.90. The van der Waals surface area contributed by atoms with Crippen LogP contribution in [0.5, 0.6) is 5.75 Å². The van der Waals surface area contributed by atoms with Crippen molar-refractivity contribution in [3.05, 3.63) is 98.5 Å². The first-order valence-corrected chi connectivity index (χ1v) is 16.4. The van der Waals surface area contributed by atoms with E-state index in [0.29, 0.717) is 34.4 Å². The summed E-state index contributed by atoms with van der Waals surface area (Å²) in [6.07, 6.45) is 13.7. The molecule has 3 aromatic carbocycles. The number of aryl methyl sites for hydroxylation is 3. The molecule has 6 N–H and O–H groups in total. The topological polar surface area (TPSA) is 87.3 Å². The quantitative estimate of drug-likeness (QED) is 0.298. The van der Waals surface area contributed by atoms with Gasteiger partial charge in [0.05, 0.1) is 7.11 Å². The van der Waals surface area contributed by atoms with Crippen molar-refractivity contribution in [2.24, 2.45) is 17.2 Å².